The average Bonchev–Trinajstić information content (AvgIpc) is 2.63. The van der Waals surface area contributed by atoms with Crippen molar-refractivity contribution in [1.82, 2.24) is 0 Å². The van der Waals surface area contributed by atoms with Gasteiger partial charge in [-0.25, -0.2) is 0 Å². The molecule has 6 nitrogen and oxygen atoms in total. The minimum atomic E-state index is -0.716. The Morgan fingerprint density at radius 3 is 0.900 bits per heavy atom. The van der Waals surface area contributed by atoms with Crippen LogP contribution in [0.2, 0.25) is 0 Å². The van der Waals surface area contributed by atoms with E-state index in [4.69, 9.17) is 15.3 Å². The maximum Gasteiger partial charge on any atom is 0.303 e. The summed E-state index contributed by atoms with van der Waals surface area (Å²) < 4.78 is 0. The summed E-state index contributed by atoms with van der Waals surface area (Å²) in [5.74, 6) is 0.207. The molecule has 0 spiro atoms. The smallest absolute Gasteiger partial charge is 0.303 e. The van der Waals surface area contributed by atoms with Crippen molar-refractivity contribution in [3.05, 3.63) is 0 Å². The van der Waals surface area contributed by atoms with Crippen molar-refractivity contribution < 1.29 is 29.7 Å². The highest BCUT2D eigenvalue weighted by molar-refractivity contribution is 7.80. The number of carboxylic acid groups (broad SMARTS) is 3. The normalized spacial score (nSPS) is 9.70. The second-order valence-corrected chi connectivity index (χ2v) is 8.98. The van der Waals surface area contributed by atoms with Gasteiger partial charge in [0.2, 0.25) is 0 Å². The fourth-order valence-electron chi connectivity index (χ4n) is 1.16. The topological polar surface area (TPSA) is 112 Å². The van der Waals surface area contributed by atoms with Crippen LogP contribution in [0.1, 0.15) is 91.9 Å². The molecule has 0 heterocycles. The molecule has 0 amide bonds. The van der Waals surface area contributed by atoms with Gasteiger partial charge in [-0.05, 0) is 61.2 Å². The van der Waals surface area contributed by atoms with Crippen LogP contribution in [0.3, 0.4) is 0 Å². The van der Waals surface area contributed by atoms with E-state index in [2.05, 4.69) is 65.6 Å². The Labute approximate surface area is 199 Å². The Bertz CT molecular complexity index is 351. The summed E-state index contributed by atoms with van der Waals surface area (Å²) in [5.41, 5.74) is 0.542. The number of carbonyl (C=O) groups is 3. The van der Waals surface area contributed by atoms with Crippen LogP contribution in [0.4, 0.5) is 0 Å². The van der Waals surface area contributed by atoms with Crippen molar-refractivity contribution >= 4 is 55.8 Å². The van der Waals surface area contributed by atoms with E-state index in [-0.39, 0.29) is 19.3 Å². The molecule has 0 bridgehead atoms. The van der Waals surface area contributed by atoms with Gasteiger partial charge in [0.05, 0.1) is 0 Å². The minimum Gasteiger partial charge on any atom is -0.481 e. The minimum absolute atomic E-state index is 0.278. The van der Waals surface area contributed by atoms with Gasteiger partial charge in [-0.15, -0.1) is 0 Å². The Morgan fingerprint density at radius 1 is 0.600 bits per heavy atom. The summed E-state index contributed by atoms with van der Waals surface area (Å²) in [7, 11) is 0. The highest BCUT2D eigenvalue weighted by atomic mass is 32.1. The third kappa shape index (κ3) is 63.1. The Balaban J connectivity index is -0.000000151. The maximum absolute atomic E-state index is 9.85. The van der Waals surface area contributed by atoms with Crippen molar-refractivity contribution in [2.24, 2.45) is 5.41 Å². The number of rotatable bonds is 12. The molecular formula is C21H44O6S3. The molecule has 0 saturated carbocycles. The number of thiol groups is 3. The van der Waals surface area contributed by atoms with Gasteiger partial charge in [0.1, 0.15) is 0 Å². The summed E-state index contributed by atoms with van der Waals surface area (Å²) in [6.45, 7) is 8.94. The van der Waals surface area contributed by atoms with E-state index in [1.807, 2.05) is 0 Å². The Hall–Kier alpha value is -0.540. The zero-order valence-corrected chi connectivity index (χ0v) is 21.8. The predicted octanol–water partition coefficient (Wildman–Crippen LogP) is 5.96. The lowest BCUT2D eigenvalue weighted by Gasteiger charge is -2.12. The fraction of sp³-hybridized carbons (Fsp3) is 0.857. The van der Waals surface area contributed by atoms with E-state index >= 15 is 0 Å². The van der Waals surface area contributed by atoms with Crippen LogP contribution in [0.5, 0.6) is 0 Å². The van der Waals surface area contributed by atoms with E-state index in [9.17, 15) is 14.4 Å². The Kier molecular flexibility index (Phi) is 34.9. The predicted molar refractivity (Wildman–Crippen MR) is 136 cm³/mol. The van der Waals surface area contributed by atoms with Crippen LogP contribution in [0, 0.1) is 5.41 Å². The molecule has 0 aliphatic carbocycles. The molecule has 9 heteroatoms. The molecule has 0 rings (SSSR count). The average molecular weight is 489 g/mol. The number of unbranched alkanes of at least 4 members (excludes halogenated alkanes) is 3. The number of hydrogen-bond donors (Lipinski definition) is 6. The third-order valence-electron chi connectivity index (χ3n) is 3.46. The van der Waals surface area contributed by atoms with E-state index in [1.165, 1.54) is 6.42 Å². The van der Waals surface area contributed by atoms with Gasteiger partial charge < -0.3 is 15.3 Å². The molecule has 0 aromatic rings. The molecule has 182 valence electrons. The van der Waals surface area contributed by atoms with Crippen molar-refractivity contribution in [3.63, 3.8) is 0 Å². The lowest BCUT2D eigenvalue weighted by molar-refractivity contribution is -0.138. The lowest BCUT2D eigenvalue weighted by atomic mass is 9.94. The van der Waals surface area contributed by atoms with Gasteiger partial charge in [-0.3, -0.25) is 14.4 Å². The summed E-state index contributed by atoms with van der Waals surface area (Å²) in [4.78, 5) is 29.5. The standard InChI is InChI=1S/C6H14.3C5H10O2S/c1-5-6(2,3)4;3*6-5(7)3-1-2-4-8/h5H2,1-4H3;3*8H,1-4H2,(H,6,7). The first-order valence-electron chi connectivity index (χ1n) is 10.4. The first kappa shape index (κ1) is 36.8. The molecular weight excluding hydrogens is 444 g/mol. The van der Waals surface area contributed by atoms with Crippen LogP contribution < -0.4 is 0 Å². The van der Waals surface area contributed by atoms with Gasteiger partial charge in [0.15, 0.2) is 0 Å². The van der Waals surface area contributed by atoms with Crippen LogP contribution >= 0.6 is 37.9 Å². The molecule has 0 aromatic heterocycles. The van der Waals surface area contributed by atoms with Gasteiger partial charge >= 0.3 is 17.9 Å². The van der Waals surface area contributed by atoms with Crippen molar-refractivity contribution in [2.45, 2.75) is 91.9 Å². The first-order chi connectivity index (χ1) is 13.9. The molecule has 0 atom stereocenters. The van der Waals surface area contributed by atoms with E-state index < -0.39 is 17.9 Å². The van der Waals surface area contributed by atoms with Gasteiger partial charge in [0.25, 0.3) is 0 Å². The highest BCUT2D eigenvalue weighted by Gasteiger charge is 2.03. The quantitative estimate of drug-likeness (QED) is 0.149. The van der Waals surface area contributed by atoms with E-state index in [0.29, 0.717) is 5.41 Å². The number of hydrogen-bond acceptors (Lipinski definition) is 6. The largest absolute Gasteiger partial charge is 0.481 e. The van der Waals surface area contributed by atoms with Gasteiger partial charge in [0, 0.05) is 19.3 Å². The van der Waals surface area contributed by atoms with Gasteiger partial charge in [-0.2, -0.15) is 37.9 Å². The monoisotopic (exact) mass is 488 g/mol. The zero-order valence-electron chi connectivity index (χ0n) is 19.1. The summed E-state index contributed by atoms with van der Waals surface area (Å²) in [6, 6.07) is 0. The van der Waals surface area contributed by atoms with Crippen molar-refractivity contribution in [1.29, 1.82) is 0 Å². The second-order valence-electron chi connectivity index (χ2n) is 7.64. The number of carboxylic acids is 3. The van der Waals surface area contributed by atoms with E-state index in [0.717, 1.165) is 55.8 Å². The summed E-state index contributed by atoms with van der Waals surface area (Å²) in [5, 5.41) is 24.3. The molecule has 0 saturated heterocycles. The number of aliphatic carboxylic acids is 3. The molecule has 0 fully saturated rings. The molecule has 0 radical (unpaired) electrons. The maximum atomic E-state index is 9.85. The molecule has 0 aliphatic rings. The molecule has 0 unspecified atom stereocenters. The zero-order chi connectivity index (χ0) is 24.4. The molecule has 0 aliphatic heterocycles. The molecule has 0 aromatic carbocycles. The Morgan fingerprint density at radius 2 is 0.800 bits per heavy atom. The highest BCUT2D eigenvalue weighted by Crippen LogP contribution is 2.16. The van der Waals surface area contributed by atoms with Crippen LogP contribution in [0.15, 0.2) is 0 Å². The summed E-state index contributed by atoms with van der Waals surface area (Å²) in [6.07, 6.45) is 7.05. The van der Waals surface area contributed by atoms with Crippen LogP contribution in [0.25, 0.3) is 0 Å². The SMILES string of the molecule is CCC(C)(C)C.O=C(O)CCCCS.O=C(O)CCCCS.O=C(O)CCCCS. The molecule has 3 N–H and O–H groups in total. The first-order valence-corrected chi connectivity index (χ1v) is 12.3. The van der Waals surface area contributed by atoms with Crippen molar-refractivity contribution in [3.8, 4) is 0 Å². The lowest BCUT2D eigenvalue weighted by Crippen LogP contribution is -2.00. The second kappa shape index (κ2) is 28.5. The van der Waals surface area contributed by atoms with Crippen molar-refractivity contribution in [2.75, 3.05) is 17.3 Å². The van der Waals surface area contributed by atoms with Gasteiger partial charge in [-0.1, -0.05) is 34.1 Å². The summed E-state index contributed by atoms with van der Waals surface area (Å²) >= 11 is 11.8. The fourth-order valence-corrected chi connectivity index (χ4v) is 1.83. The third-order valence-corrected chi connectivity index (χ3v) is 4.41. The molecule has 30 heavy (non-hydrogen) atoms. The van der Waals surface area contributed by atoms with Crippen LogP contribution in [-0.2, 0) is 14.4 Å². The van der Waals surface area contributed by atoms with Crippen LogP contribution in [-0.4, -0.2) is 50.5 Å². The van der Waals surface area contributed by atoms with E-state index in [1.54, 1.807) is 0 Å².